The molecule has 1 unspecified atom stereocenters. The van der Waals surface area contributed by atoms with E-state index in [1.54, 1.807) is 0 Å². The van der Waals surface area contributed by atoms with Crippen molar-refractivity contribution in [3.8, 4) is 0 Å². The molecule has 0 aromatic heterocycles. The van der Waals surface area contributed by atoms with Gasteiger partial charge in [-0.3, -0.25) is 0 Å². The van der Waals surface area contributed by atoms with Gasteiger partial charge in [-0.15, -0.1) is 0 Å². The Kier molecular flexibility index (Phi) is 4.40. The van der Waals surface area contributed by atoms with Gasteiger partial charge in [0.25, 0.3) is 0 Å². The van der Waals surface area contributed by atoms with Crippen molar-refractivity contribution in [1.29, 1.82) is 0 Å². The molecular formula is C6H15NOSi. The highest BCUT2D eigenvalue weighted by Gasteiger charge is 1.99. The predicted molar refractivity (Wildman–Crippen MR) is 43.5 cm³/mol. The fraction of sp³-hybridized carbons (Fsp3) is 0.833. The minimum absolute atomic E-state index is 0.732. The number of hydrogen-bond acceptors (Lipinski definition) is 2. The number of rotatable bonds is 3. The minimum Gasteiger partial charge on any atom is -0.411 e. The van der Waals surface area contributed by atoms with E-state index in [4.69, 9.17) is 5.21 Å². The molecule has 0 aliphatic heterocycles. The fourth-order valence-electron chi connectivity index (χ4n) is 0.727. The van der Waals surface area contributed by atoms with Gasteiger partial charge >= 0.3 is 0 Å². The van der Waals surface area contributed by atoms with Crippen LogP contribution >= 0.6 is 0 Å². The van der Waals surface area contributed by atoms with Crippen LogP contribution in [0.15, 0.2) is 5.16 Å². The lowest BCUT2D eigenvalue weighted by Gasteiger charge is -2.02. The average Bonchev–Trinajstić information content (AvgIpc) is 1.82. The molecule has 0 saturated heterocycles. The van der Waals surface area contributed by atoms with Crippen molar-refractivity contribution in [1.82, 2.24) is 0 Å². The Labute approximate surface area is 59.4 Å². The molecule has 9 heavy (non-hydrogen) atoms. The van der Waals surface area contributed by atoms with Crippen LogP contribution in [-0.2, 0) is 0 Å². The maximum absolute atomic E-state index is 8.38. The normalized spacial score (nSPS) is 16.0. The molecule has 0 aliphatic rings. The largest absolute Gasteiger partial charge is 0.411 e. The van der Waals surface area contributed by atoms with Gasteiger partial charge in [-0.1, -0.05) is 24.5 Å². The summed E-state index contributed by atoms with van der Waals surface area (Å²) in [6.07, 6.45) is 1.85. The molecule has 0 aromatic rings. The van der Waals surface area contributed by atoms with E-state index in [1.807, 2.05) is 6.92 Å². The minimum atomic E-state index is 0.732. The quantitative estimate of drug-likeness (QED) is 0.271. The zero-order valence-electron chi connectivity index (χ0n) is 6.39. The lowest BCUT2D eigenvalue weighted by atomic mass is 10.2. The van der Waals surface area contributed by atoms with E-state index in [0.717, 1.165) is 24.1 Å². The highest BCUT2D eigenvalue weighted by atomic mass is 28.1. The average molecular weight is 145 g/mol. The van der Waals surface area contributed by atoms with E-state index in [2.05, 4.69) is 12.1 Å². The second-order valence-corrected chi connectivity index (χ2v) is 4.59. The summed E-state index contributed by atoms with van der Waals surface area (Å²) in [5.74, 6) is 0. The van der Waals surface area contributed by atoms with Gasteiger partial charge in [0.1, 0.15) is 0 Å². The maximum atomic E-state index is 8.38. The van der Waals surface area contributed by atoms with Crippen LogP contribution < -0.4 is 0 Å². The van der Waals surface area contributed by atoms with Crippen LogP contribution in [0.4, 0.5) is 0 Å². The molecule has 0 fully saturated rings. The van der Waals surface area contributed by atoms with E-state index < -0.39 is 0 Å². The summed E-state index contributed by atoms with van der Waals surface area (Å²) in [6, 6.07) is 0. The first kappa shape index (κ1) is 8.69. The smallest absolute Gasteiger partial charge is 0.0567 e. The second-order valence-electron chi connectivity index (χ2n) is 2.62. The molecule has 0 saturated carbocycles. The third-order valence-corrected chi connectivity index (χ3v) is 1.60. The summed E-state index contributed by atoms with van der Waals surface area (Å²) in [5, 5.41) is 11.6. The molecule has 0 spiro atoms. The molecule has 0 bridgehead atoms. The van der Waals surface area contributed by atoms with Gasteiger partial charge in [0.15, 0.2) is 0 Å². The molecule has 2 nitrogen and oxygen atoms in total. The van der Waals surface area contributed by atoms with Crippen LogP contribution in [-0.4, -0.2) is 21.2 Å². The van der Waals surface area contributed by atoms with Crippen molar-refractivity contribution in [2.45, 2.75) is 32.2 Å². The van der Waals surface area contributed by atoms with Gasteiger partial charge in [-0.05, 0) is 12.8 Å². The number of nitrogens with zero attached hydrogens (tertiary/aromatic N) is 1. The van der Waals surface area contributed by atoms with E-state index >= 15 is 0 Å². The van der Waals surface area contributed by atoms with Crippen molar-refractivity contribution < 1.29 is 5.21 Å². The van der Waals surface area contributed by atoms with Crippen LogP contribution in [0.2, 0.25) is 5.54 Å². The first-order valence-corrected chi connectivity index (χ1v) is 4.56. The molecule has 3 heteroatoms. The Morgan fingerprint density at radius 2 is 2.33 bits per heavy atom. The third kappa shape index (κ3) is 4.21. The van der Waals surface area contributed by atoms with Crippen molar-refractivity contribution in [2.75, 3.05) is 0 Å². The highest BCUT2D eigenvalue weighted by Crippen LogP contribution is 2.05. The van der Waals surface area contributed by atoms with E-state index in [-0.39, 0.29) is 0 Å². The Morgan fingerprint density at radius 1 is 1.78 bits per heavy atom. The molecule has 0 aliphatic carbocycles. The topological polar surface area (TPSA) is 32.6 Å². The Morgan fingerprint density at radius 3 is 2.44 bits per heavy atom. The van der Waals surface area contributed by atoms with Crippen LogP contribution in [0.1, 0.15) is 26.7 Å². The fourth-order valence-corrected chi connectivity index (χ4v) is 1.20. The van der Waals surface area contributed by atoms with Gasteiger partial charge in [-0.25, -0.2) is 0 Å². The van der Waals surface area contributed by atoms with E-state index in [9.17, 15) is 0 Å². The maximum Gasteiger partial charge on any atom is 0.0567 e. The summed E-state index contributed by atoms with van der Waals surface area (Å²) >= 11 is 0. The van der Waals surface area contributed by atoms with Crippen LogP contribution in [0.25, 0.3) is 0 Å². The molecule has 1 N–H and O–H groups in total. The molecular weight excluding hydrogens is 130 g/mol. The molecule has 0 aromatic carbocycles. The highest BCUT2D eigenvalue weighted by molar-refractivity contribution is 6.13. The Bertz CT molecular complexity index is 101. The van der Waals surface area contributed by atoms with Crippen LogP contribution in [0.3, 0.4) is 0 Å². The van der Waals surface area contributed by atoms with E-state index in [1.165, 1.54) is 10.2 Å². The molecule has 0 rings (SSSR count). The molecule has 0 heterocycles. The van der Waals surface area contributed by atoms with Gasteiger partial charge < -0.3 is 5.21 Å². The van der Waals surface area contributed by atoms with Crippen molar-refractivity contribution in [2.24, 2.45) is 5.16 Å². The van der Waals surface area contributed by atoms with Gasteiger partial charge in [0, 0.05) is 10.2 Å². The van der Waals surface area contributed by atoms with Crippen LogP contribution in [0, 0.1) is 0 Å². The van der Waals surface area contributed by atoms with Gasteiger partial charge in [0.05, 0.1) is 5.71 Å². The monoisotopic (exact) mass is 145 g/mol. The Hall–Kier alpha value is -0.313. The zero-order valence-corrected chi connectivity index (χ0v) is 8.39. The van der Waals surface area contributed by atoms with Crippen molar-refractivity contribution in [3.63, 3.8) is 0 Å². The number of oxime groups is 1. The summed E-state index contributed by atoms with van der Waals surface area (Å²) in [7, 11) is 1.18. The van der Waals surface area contributed by atoms with Gasteiger partial charge in [0.2, 0.25) is 0 Å². The SMILES string of the molecule is CCC(CC(C)[SiH3])=NO. The van der Waals surface area contributed by atoms with E-state index in [0.29, 0.717) is 0 Å². The van der Waals surface area contributed by atoms with Crippen molar-refractivity contribution >= 4 is 16.0 Å². The summed E-state index contributed by atoms with van der Waals surface area (Å²) in [5.41, 5.74) is 1.66. The molecule has 0 amide bonds. The first-order valence-electron chi connectivity index (χ1n) is 3.40. The summed E-state index contributed by atoms with van der Waals surface area (Å²) in [4.78, 5) is 0. The molecule has 1 atom stereocenters. The lowest BCUT2D eigenvalue weighted by Crippen LogP contribution is -1.99. The summed E-state index contributed by atoms with van der Waals surface area (Å²) in [6.45, 7) is 4.19. The third-order valence-electron chi connectivity index (χ3n) is 1.19. The molecule has 0 radical (unpaired) electrons. The first-order chi connectivity index (χ1) is 4.20. The van der Waals surface area contributed by atoms with Crippen LogP contribution in [0.5, 0.6) is 0 Å². The predicted octanol–water partition coefficient (Wildman–Crippen LogP) is 0.790. The Balaban J connectivity index is 3.58. The zero-order chi connectivity index (χ0) is 7.28. The van der Waals surface area contributed by atoms with Gasteiger partial charge in [-0.2, -0.15) is 0 Å². The summed E-state index contributed by atoms with van der Waals surface area (Å²) < 4.78 is 0. The second kappa shape index (κ2) is 4.55. The number of hydrogen-bond donors (Lipinski definition) is 1. The lowest BCUT2D eigenvalue weighted by molar-refractivity contribution is 0.316. The van der Waals surface area contributed by atoms with Crippen molar-refractivity contribution in [3.05, 3.63) is 0 Å². The standard InChI is InChI=1S/C6H15NOSi/c1-3-6(7-8)4-5(2)9/h5,8H,3-4H2,1-2,9H3. The molecule has 54 valence electrons.